The van der Waals surface area contributed by atoms with Gasteiger partial charge in [-0.3, -0.25) is 14.5 Å². The molecule has 0 bridgehead atoms. The number of nitrogens with one attached hydrogen (secondary N) is 1. The third kappa shape index (κ3) is 3.14. The predicted octanol–water partition coefficient (Wildman–Crippen LogP) is 1.85. The Hall–Kier alpha value is -1.10. The first-order valence-electron chi connectivity index (χ1n) is 8.79. The molecule has 2 aliphatic carbocycles. The number of hydrogen-bond acceptors (Lipinski definition) is 4. The zero-order chi connectivity index (χ0) is 15.6. The lowest BCUT2D eigenvalue weighted by Gasteiger charge is -2.40. The van der Waals surface area contributed by atoms with Crippen LogP contribution in [0.2, 0.25) is 0 Å². The van der Waals surface area contributed by atoms with Crippen molar-refractivity contribution in [2.45, 2.75) is 69.9 Å². The second-order valence-corrected chi connectivity index (χ2v) is 7.17. The van der Waals surface area contributed by atoms with Crippen molar-refractivity contribution in [1.29, 1.82) is 0 Å². The Bertz CT molecular complexity index is 428. The maximum Gasteiger partial charge on any atom is 0.321 e. The van der Waals surface area contributed by atoms with Crippen molar-refractivity contribution in [3.05, 3.63) is 0 Å². The van der Waals surface area contributed by atoms with Gasteiger partial charge < -0.3 is 10.1 Å². The molecule has 1 saturated heterocycles. The molecule has 1 heterocycles. The van der Waals surface area contributed by atoms with Gasteiger partial charge in [-0.05, 0) is 45.1 Å². The fourth-order valence-electron chi connectivity index (χ4n) is 4.07. The summed E-state index contributed by atoms with van der Waals surface area (Å²) in [7, 11) is 1.36. The van der Waals surface area contributed by atoms with Crippen molar-refractivity contribution < 1.29 is 14.3 Å². The van der Waals surface area contributed by atoms with E-state index in [-0.39, 0.29) is 17.9 Å². The van der Waals surface area contributed by atoms with Gasteiger partial charge in [-0.15, -0.1) is 0 Å². The average molecular weight is 308 g/mol. The van der Waals surface area contributed by atoms with Gasteiger partial charge in [0.1, 0.15) is 5.41 Å². The fourth-order valence-corrected chi connectivity index (χ4v) is 4.07. The monoisotopic (exact) mass is 308 g/mol. The SMILES string of the molecule is COC(=O)C1(C(=O)N[C@@H]2CCCN(C3CCCCC3)C2)CC1. The number of esters is 1. The number of amides is 1. The number of rotatable bonds is 4. The summed E-state index contributed by atoms with van der Waals surface area (Å²) in [6, 6.07) is 0.884. The van der Waals surface area contributed by atoms with E-state index in [9.17, 15) is 9.59 Å². The first-order valence-corrected chi connectivity index (χ1v) is 8.79. The van der Waals surface area contributed by atoms with Gasteiger partial charge in [0.05, 0.1) is 7.11 Å². The summed E-state index contributed by atoms with van der Waals surface area (Å²) in [6.07, 6.45) is 10.0. The minimum Gasteiger partial charge on any atom is -0.468 e. The van der Waals surface area contributed by atoms with E-state index in [1.54, 1.807) is 0 Å². The highest BCUT2D eigenvalue weighted by Crippen LogP contribution is 2.47. The number of hydrogen-bond donors (Lipinski definition) is 1. The van der Waals surface area contributed by atoms with Crippen LogP contribution >= 0.6 is 0 Å². The van der Waals surface area contributed by atoms with Crippen molar-refractivity contribution in [1.82, 2.24) is 10.2 Å². The molecule has 1 atom stereocenters. The van der Waals surface area contributed by atoms with E-state index in [4.69, 9.17) is 4.74 Å². The highest BCUT2D eigenvalue weighted by Gasteiger charge is 2.58. The lowest BCUT2D eigenvalue weighted by Crippen LogP contribution is -2.53. The highest BCUT2D eigenvalue weighted by molar-refractivity contribution is 6.05. The average Bonchev–Trinajstić information content (AvgIpc) is 3.37. The Morgan fingerprint density at radius 2 is 1.82 bits per heavy atom. The molecular weight excluding hydrogens is 280 g/mol. The zero-order valence-corrected chi connectivity index (χ0v) is 13.6. The van der Waals surface area contributed by atoms with Gasteiger partial charge in [0, 0.05) is 18.6 Å². The highest BCUT2D eigenvalue weighted by atomic mass is 16.5. The Balaban J connectivity index is 1.54. The summed E-state index contributed by atoms with van der Waals surface area (Å²) in [4.78, 5) is 26.8. The third-order valence-electron chi connectivity index (χ3n) is 5.64. The first-order chi connectivity index (χ1) is 10.7. The smallest absolute Gasteiger partial charge is 0.321 e. The van der Waals surface area contributed by atoms with E-state index in [0.717, 1.165) is 25.9 Å². The van der Waals surface area contributed by atoms with Crippen LogP contribution in [0.3, 0.4) is 0 Å². The Labute approximate surface area is 132 Å². The van der Waals surface area contributed by atoms with Crippen LogP contribution in [0, 0.1) is 5.41 Å². The molecule has 0 spiro atoms. The molecule has 124 valence electrons. The molecule has 2 saturated carbocycles. The number of nitrogens with zero attached hydrogens (tertiary/aromatic N) is 1. The van der Waals surface area contributed by atoms with Gasteiger partial charge >= 0.3 is 5.97 Å². The minimum atomic E-state index is -0.873. The van der Waals surface area contributed by atoms with Crippen LogP contribution < -0.4 is 5.32 Å². The molecule has 22 heavy (non-hydrogen) atoms. The van der Waals surface area contributed by atoms with Crippen LogP contribution in [-0.2, 0) is 14.3 Å². The number of carbonyl (C=O) groups is 2. The first kappa shape index (κ1) is 15.8. The van der Waals surface area contributed by atoms with Crippen molar-refractivity contribution in [2.24, 2.45) is 5.41 Å². The van der Waals surface area contributed by atoms with Crippen LogP contribution in [0.25, 0.3) is 0 Å². The van der Waals surface area contributed by atoms with Crippen molar-refractivity contribution >= 4 is 11.9 Å². The molecule has 0 aromatic carbocycles. The molecule has 0 radical (unpaired) electrons. The molecular formula is C17H28N2O3. The molecule has 3 rings (SSSR count). The van der Waals surface area contributed by atoms with Crippen LogP contribution in [0.4, 0.5) is 0 Å². The van der Waals surface area contributed by atoms with E-state index < -0.39 is 5.41 Å². The van der Waals surface area contributed by atoms with Crippen LogP contribution in [0.15, 0.2) is 0 Å². The number of methoxy groups -OCH3 is 1. The molecule has 0 aromatic heterocycles. The molecule has 0 unspecified atom stereocenters. The predicted molar refractivity (Wildman–Crippen MR) is 83.3 cm³/mol. The van der Waals surface area contributed by atoms with E-state index in [0.29, 0.717) is 18.9 Å². The Morgan fingerprint density at radius 3 is 2.45 bits per heavy atom. The maximum atomic E-state index is 12.4. The second-order valence-electron chi connectivity index (χ2n) is 7.17. The number of piperidine rings is 1. The van der Waals surface area contributed by atoms with Crippen LogP contribution in [0.1, 0.15) is 57.8 Å². The third-order valence-corrected chi connectivity index (χ3v) is 5.64. The van der Waals surface area contributed by atoms with Crippen molar-refractivity contribution in [3.8, 4) is 0 Å². The Kier molecular flexibility index (Phi) is 4.71. The molecule has 5 heteroatoms. The van der Waals surface area contributed by atoms with Crippen LogP contribution in [0.5, 0.6) is 0 Å². The van der Waals surface area contributed by atoms with Crippen molar-refractivity contribution in [3.63, 3.8) is 0 Å². The summed E-state index contributed by atoms with van der Waals surface area (Å²) in [5.41, 5.74) is -0.873. The Morgan fingerprint density at radius 1 is 1.09 bits per heavy atom. The van der Waals surface area contributed by atoms with E-state index in [2.05, 4.69) is 10.2 Å². The van der Waals surface area contributed by atoms with Gasteiger partial charge in [-0.2, -0.15) is 0 Å². The van der Waals surface area contributed by atoms with Gasteiger partial charge in [0.15, 0.2) is 0 Å². The van der Waals surface area contributed by atoms with Crippen molar-refractivity contribution in [2.75, 3.05) is 20.2 Å². The van der Waals surface area contributed by atoms with E-state index in [1.165, 1.54) is 39.2 Å². The van der Waals surface area contributed by atoms with Gasteiger partial charge in [0.25, 0.3) is 0 Å². The zero-order valence-electron chi connectivity index (χ0n) is 13.6. The topological polar surface area (TPSA) is 58.6 Å². The summed E-state index contributed by atoms with van der Waals surface area (Å²) >= 11 is 0. The largest absolute Gasteiger partial charge is 0.468 e. The second kappa shape index (κ2) is 6.57. The maximum absolute atomic E-state index is 12.4. The summed E-state index contributed by atoms with van der Waals surface area (Å²) in [5, 5.41) is 3.12. The molecule has 1 N–H and O–H groups in total. The molecule has 3 aliphatic rings. The van der Waals surface area contributed by atoms with E-state index >= 15 is 0 Å². The summed E-state index contributed by atoms with van der Waals surface area (Å²) in [5.74, 6) is -0.486. The fraction of sp³-hybridized carbons (Fsp3) is 0.882. The standard InChI is InChI=1S/C17H28N2O3/c1-22-16(21)17(9-10-17)15(20)18-13-6-5-11-19(12-13)14-7-3-2-4-8-14/h13-14H,2-12H2,1H3,(H,18,20)/t13-/m1/s1. The summed E-state index contributed by atoms with van der Waals surface area (Å²) in [6.45, 7) is 2.09. The molecule has 3 fully saturated rings. The quantitative estimate of drug-likeness (QED) is 0.636. The van der Waals surface area contributed by atoms with Gasteiger partial charge in [-0.1, -0.05) is 19.3 Å². The lowest BCUT2D eigenvalue weighted by atomic mass is 9.92. The number of ether oxygens (including phenoxy) is 1. The van der Waals surface area contributed by atoms with E-state index in [1.807, 2.05) is 0 Å². The molecule has 1 aliphatic heterocycles. The summed E-state index contributed by atoms with van der Waals surface area (Å²) < 4.78 is 4.79. The number of likely N-dealkylation sites (tertiary alicyclic amines) is 1. The normalized spacial score (nSPS) is 28.9. The van der Waals surface area contributed by atoms with Gasteiger partial charge in [-0.25, -0.2) is 0 Å². The van der Waals surface area contributed by atoms with Gasteiger partial charge in [0.2, 0.25) is 5.91 Å². The minimum absolute atomic E-state index is 0.116. The lowest BCUT2D eigenvalue weighted by molar-refractivity contribution is -0.152. The molecule has 0 aromatic rings. The molecule has 5 nitrogen and oxygen atoms in total. The van der Waals surface area contributed by atoms with Crippen LogP contribution in [-0.4, -0.2) is 49.1 Å². The number of carbonyl (C=O) groups excluding carboxylic acids is 2. The molecule has 1 amide bonds.